The molecule has 0 atom stereocenters. The van der Waals surface area contributed by atoms with E-state index in [1.54, 1.807) is 13.2 Å². The molecule has 0 radical (unpaired) electrons. The van der Waals surface area contributed by atoms with E-state index in [2.05, 4.69) is 20.4 Å². The summed E-state index contributed by atoms with van der Waals surface area (Å²) in [5.74, 6) is 1.71. The van der Waals surface area contributed by atoms with Crippen molar-refractivity contribution < 1.29 is 9.15 Å². The van der Waals surface area contributed by atoms with Crippen molar-refractivity contribution in [3.05, 3.63) is 59.4 Å². The molecular weight excluding hydrogens is 396 g/mol. The molecule has 1 N–H and O–H groups in total. The number of aromatic nitrogens is 2. The van der Waals surface area contributed by atoms with Gasteiger partial charge in [0, 0.05) is 11.7 Å². The molecule has 4 rings (SSSR count). The monoisotopic (exact) mass is 414 g/mol. The van der Waals surface area contributed by atoms with Crippen LogP contribution >= 0.6 is 23.8 Å². The molecule has 28 heavy (non-hydrogen) atoms. The molecule has 1 heterocycles. The smallest absolute Gasteiger partial charge is 0.249 e. The van der Waals surface area contributed by atoms with Crippen molar-refractivity contribution in [1.82, 2.24) is 15.1 Å². The summed E-state index contributed by atoms with van der Waals surface area (Å²) in [5, 5.41) is 12.8. The van der Waals surface area contributed by atoms with Crippen LogP contribution in [0.25, 0.3) is 11.5 Å². The van der Waals surface area contributed by atoms with Crippen LogP contribution in [0, 0.1) is 0 Å². The van der Waals surface area contributed by atoms with Crippen LogP contribution in [-0.4, -0.2) is 33.4 Å². The zero-order valence-corrected chi connectivity index (χ0v) is 16.8. The van der Waals surface area contributed by atoms with Gasteiger partial charge in [-0.2, -0.15) is 0 Å². The first kappa shape index (κ1) is 18.7. The Hall–Kier alpha value is -2.64. The van der Waals surface area contributed by atoms with Gasteiger partial charge in [0.1, 0.15) is 5.75 Å². The van der Waals surface area contributed by atoms with Crippen LogP contribution in [0.1, 0.15) is 18.7 Å². The number of hydrogen-bond donors (Lipinski definition) is 1. The number of nitrogens with one attached hydrogen (secondary N) is 1. The first-order valence-corrected chi connectivity index (χ1v) is 9.71. The molecule has 0 amide bonds. The average Bonchev–Trinajstić information content (AvgIpc) is 3.45. The molecule has 2 aromatic carbocycles. The molecule has 1 saturated carbocycles. The predicted molar refractivity (Wildman–Crippen MR) is 113 cm³/mol. The third-order valence-electron chi connectivity index (χ3n) is 4.47. The largest absolute Gasteiger partial charge is 0.497 e. The lowest BCUT2D eigenvalue weighted by molar-refractivity contribution is 0.351. The fourth-order valence-electron chi connectivity index (χ4n) is 2.83. The Kier molecular flexibility index (Phi) is 5.45. The topological polar surface area (TPSA) is 63.4 Å². The lowest BCUT2D eigenvalue weighted by atomic mass is 10.2. The normalized spacial score (nSPS) is 13.2. The number of thiocarbonyl (C=S) groups is 1. The third kappa shape index (κ3) is 4.26. The molecule has 1 aromatic heterocycles. The van der Waals surface area contributed by atoms with Crippen LogP contribution in [-0.2, 0) is 6.54 Å². The standard InChI is InChI=1S/C20H19ClN4O2S/c1-26-15-10-6-13(7-11-15)22-20(28)25(14-8-9-14)12-18-23-24-19(27-18)16-4-2-3-5-17(16)21/h2-7,10-11,14H,8-9,12H2,1H3,(H,22,28). The lowest BCUT2D eigenvalue weighted by Gasteiger charge is -2.24. The molecule has 1 aliphatic rings. The minimum absolute atomic E-state index is 0.383. The van der Waals surface area contributed by atoms with Crippen LogP contribution in [0.5, 0.6) is 5.75 Å². The van der Waals surface area contributed by atoms with Gasteiger partial charge >= 0.3 is 0 Å². The van der Waals surface area contributed by atoms with Crippen molar-refractivity contribution >= 4 is 34.6 Å². The second-order valence-corrected chi connectivity index (χ2v) is 7.29. The molecule has 0 unspecified atom stereocenters. The van der Waals surface area contributed by atoms with Crippen molar-refractivity contribution in [2.45, 2.75) is 25.4 Å². The van der Waals surface area contributed by atoms with Crippen LogP contribution in [0.4, 0.5) is 5.69 Å². The zero-order valence-electron chi connectivity index (χ0n) is 15.3. The highest BCUT2D eigenvalue weighted by molar-refractivity contribution is 7.80. The van der Waals surface area contributed by atoms with E-state index < -0.39 is 0 Å². The van der Waals surface area contributed by atoms with Gasteiger partial charge in [-0.25, -0.2) is 0 Å². The Morgan fingerprint density at radius 3 is 2.64 bits per heavy atom. The summed E-state index contributed by atoms with van der Waals surface area (Å²) in [7, 11) is 1.64. The first-order valence-electron chi connectivity index (χ1n) is 8.93. The van der Waals surface area contributed by atoms with Gasteiger partial charge in [0.25, 0.3) is 0 Å². The molecule has 3 aromatic rings. The number of halogens is 1. The van der Waals surface area contributed by atoms with E-state index in [4.69, 9.17) is 33.0 Å². The van der Waals surface area contributed by atoms with Crippen molar-refractivity contribution in [1.29, 1.82) is 0 Å². The van der Waals surface area contributed by atoms with Crippen molar-refractivity contribution in [2.75, 3.05) is 12.4 Å². The Bertz CT molecular complexity index is 972. The predicted octanol–water partition coefficient (Wildman–Crippen LogP) is 4.76. The van der Waals surface area contributed by atoms with E-state index >= 15 is 0 Å². The van der Waals surface area contributed by atoms with Gasteiger partial charge in [-0.1, -0.05) is 23.7 Å². The molecule has 0 spiro atoms. The maximum Gasteiger partial charge on any atom is 0.249 e. The fraction of sp³-hybridized carbons (Fsp3) is 0.250. The summed E-state index contributed by atoms with van der Waals surface area (Å²) in [6, 6.07) is 15.4. The number of methoxy groups -OCH3 is 1. The highest BCUT2D eigenvalue weighted by Crippen LogP contribution is 2.31. The molecule has 0 bridgehead atoms. The van der Waals surface area contributed by atoms with Gasteiger partial charge in [-0.3, -0.25) is 0 Å². The van der Waals surface area contributed by atoms with E-state index in [9.17, 15) is 0 Å². The summed E-state index contributed by atoms with van der Waals surface area (Å²) in [6.45, 7) is 0.449. The Labute approximate surface area is 173 Å². The van der Waals surface area contributed by atoms with Crippen molar-refractivity contribution in [3.63, 3.8) is 0 Å². The third-order valence-corrected chi connectivity index (χ3v) is 5.13. The van der Waals surface area contributed by atoms with E-state index in [1.807, 2.05) is 42.5 Å². The number of anilines is 1. The van der Waals surface area contributed by atoms with Crippen LogP contribution in [0.3, 0.4) is 0 Å². The van der Waals surface area contributed by atoms with Crippen molar-refractivity contribution in [2.24, 2.45) is 0 Å². The van der Waals surface area contributed by atoms with E-state index in [1.165, 1.54) is 0 Å². The first-order chi connectivity index (χ1) is 13.6. The van der Waals surface area contributed by atoms with Crippen LogP contribution in [0.15, 0.2) is 52.9 Å². The van der Waals surface area contributed by atoms with Crippen LogP contribution < -0.4 is 10.1 Å². The van der Waals surface area contributed by atoms with E-state index in [0.29, 0.717) is 34.5 Å². The SMILES string of the molecule is COc1ccc(NC(=S)N(Cc2nnc(-c3ccccc3Cl)o2)C2CC2)cc1. The van der Waals surface area contributed by atoms with Gasteiger partial charge in [0.15, 0.2) is 5.11 Å². The molecule has 8 heteroatoms. The van der Waals surface area contributed by atoms with Gasteiger partial charge in [-0.15, -0.1) is 10.2 Å². The molecule has 0 aliphatic heterocycles. The van der Waals surface area contributed by atoms with Gasteiger partial charge in [0.05, 0.1) is 24.2 Å². The van der Waals surface area contributed by atoms with E-state index in [0.717, 1.165) is 29.8 Å². The summed E-state index contributed by atoms with van der Waals surface area (Å²) < 4.78 is 11.0. The Morgan fingerprint density at radius 2 is 1.96 bits per heavy atom. The number of ether oxygens (including phenoxy) is 1. The average molecular weight is 415 g/mol. The number of nitrogens with zero attached hydrogens (tertiary/aromatic N) is 3. The minimum Gasteiger partial charge on any atom is -0.497 e. The number of hydrogen-bond acceptors (Lipinski definition) is 5. The summed E-state index contributed by atoms with van der Waals surface area (Å²) in [5.41, 5.74) is 1.62. The number of benzene rings is 2. The summed E-state index contributed by atoms with van der Waals surface area (Å²) in [4.78, 5) is 2.09. The Morgan fingerprint density at radius 1 is 1.21 bits per heavy atom. The fourth-order valence-corrected chi connectivity index (χ4v) is 3.38. The minimum atomic E-state index is 0.383. The molecular formula is C20H19ClN4O2S. The molecule has 0 saturated heterocycles. The van der Waals surface area contributed by atoms with E-state index in [-0.39, 0.29) is 0 Å². The van der Waals surface area contributed by atoms with Crippen molar-refractivity contribution in [3.8, 4) is 17.2 Å². The van der Waals surface area contributed by atoms with Crippen LogP contribution in [0.2, 0.25) is 5.02 Å². The number of rotatable bonds is 6. The lowest BCUT2D eigenvalue weighted by Crippen LogP contribution is -2.36. The second-order valence-electron chi connectivity index (χ2n) is 6.50. The zero-order chi connectivity index (χ0) is 19.5. The maximum atomic E-state index is 6.22. The summed E-state index contributed by atoms with van der Waals surface area (Å²) >= 11 is 11.8. The molecule has 6 nitrogen and oxygen atoms in total. The molecule has 144 valence electrons. The maximum absolute atomic E-state index is 6.22. The Balaban J connectivity index is 1.47. The van der Waals surface area contributed by atoms with Gasteiger partial charge < -0.3 is 19.4 Å². The highest BCUT2D eigenvalue weighted by Gasteiger charge is 2.32. The molecule has 1 aliphatic carbocycles. The highest BCUT2D eigenvalue weighted by atomic mass is 35.5. The molecule has 1 fully saturated rings. The van der Waals surface area contributed by atoms with Gasteiger partial charge in [-0.05, 0) is 61.5 Å². The van der Waals surface area contributed by atoms with Gasteiger partial charge in [0.2, 0.25) is 11.8 Å². The quantitative estimate of drug-likeness (QED) is 0.583. The summed E-state index contributed by atoms with van der Waals surface area (Å²) in [6.07, 6.45) is 2.19. The second kappa shape index (κ2) is 8.16.